The molecule has 0 aliphatic heterocycles. The van der Waals surface area contributed by atoms with Gasteiger partial charge in [-0.2, -0.15) is 0 Å². The molecule has 1 unspecified atom stereocenters. The third kappa shape index (κ3) is 1.16. The molecule has 4 aliphatic carbocycles. The SMILES string of the molecule is CC1[C]=C2C([Si](C)(C)C)=C1C21CCCCC1. The van der Waals surface area contributed by atoms with Gasteiger partial charge in [-0.1, -0.05) is 56.6 Å². The highest BCUT2D eigenvalue weighted by Gasteiger charge is 2.57. The third-order valence-corrected chi connectivity index (χ3v) is 6.78. The summed E-state index contributed by atoms with van der Waals surface area (Å²) in [5, 5.41) is 1.81. The van der Waals surface area contributed by atoms with Gasteiger partial charge in [0.1, 0.15) is 0 Å². The molecule has 1 fully saturated rings. The van der Waals surface area contributed by atoms with Crippen molar-refractivity contribution in [2.45, 2.75) is 58.7 Å². The first-order valence-corrected chi connectivity index (χ1v) is 10.4. The minimum Gasteiger partial charge on any atom is -0.0656 e. The van der Waals surface area contributed by atoms with Crippen LogP contribution in [0.4, 0.5) is 0 Å². The van der Waals surface area contributed by atoms with E-state index in [2.05, 4.69) is 32.6 Å². The van der Waals surface area contributed by atoms with E-state index in [0.717, 1.165) is 0 Å². The van der Waals surface area contributed by atoms with Crippen LogP contribution in [0.3, 0.4) is 0 Å². The Morgan fingerprint density at radius 3 is 2.19 bits per heavy atom. The molecule has 4 rings (SSSR count). The van der Waals surface area contributed by atoms with Crippen molar-refractivity contribution in [1.82, 2.24) is 0 Å². The van der Waals surface area contributed by atoms with E-state index in [1.54, 1.807) is 5.57 Å². The highest BCUT2D eigenvalue weighted by atomic mass is 28.3. The van der Waals surface area contributed by atoms with Crippen LogP contribution in [-0.2, 0) is 0 Å². The van der Waals surface area contributed by atoms with Crippen molar-refractivity contribution < 1.29 is 0 Å². The van der Waals surface area contributed by atoms with Gasteiger partial charge in [0.2, 0.25) is 0 Å². The number of hydrogen-bond acceptors (Lipinski definition) is 0. The fraction of sp³-hybridized carbons (Fsp3) is 0.733. The Morgan fingerprint density at radius 1 is 1.12 bits per heavy atom. The largest absolute Gasteiger partial charge is 0.0780 e. The fourth-order valence-corrected chi connectivity index (χ4v) is 6.59. The van der Waals surface area contributed by atoms with E-state index in [1.807, 2.05) is 10.8 Å². The van der Waals surface area contributed by atoms with E-state index < -0.39 is 8.07 Å². The van der Waals surface area contributed by atoms with Crippen LogP contribution in [0, 0.1) is 17.4 Å². The molecule has 0 aromatic rings. The topological polar surface area (TPSA) is 0 Å². The van der Waals surface area contributed by atoms with E-state index in [-0.39, 0.29) is 0 Å². The molecule has 0 aromatic carbocycles. The second-order valence-corrected chi connectivity index (χ2v) is 11.9. The first kappa shape index (κ1) is 10.8. The molecule has 0 aromatic heterocycles. The number of allylic oxidation sites excluding steroid dienone is 4. The maximum Gasteiger partial charge on any atom is 0.0780 e. The van der Waals surface area contributed by atoms with Gasteiger partial charge in [0.25, 0.3) is 0 Å². The predicted octanol–water partition coefficient (Wildman–Crippen LogP) is 4.50. The van der Waals surface area contributed by atoms with Gasteiger partial charge in [-0.3, -0.25) is 0 Å². The molecule has 2 bridgehead atoms. The maximum absolute atomic E-state index is 3.79. The smallest absolute Gasteiger partial charge is 0.0656 e. The second kappa shape index (κ2) is 3.13. The quantitative estimate of drug-likeness (QED) is 0.583. The van der Waals surface area contributed by atoms with Gasteiger partial charge in [-0.25, -0.2) is 0 Å². The lowest BCUT2D eigenvalue weighted by atomic mass is 9.59. The molecule has 1 spiro atoms. The molecular weight excluding hydrogens is 208 g/mol. The Bertz CT molecular complexity index is 386. The van der Waals surface area contributed by atoms with E-state index in [0.29, 0.717) is 11.3 Å². The molecule has 1 saturated carbocycles. The van der Waals surface area contributed by atoms with Crippen molar-refractivity contribution in [3.8, 4) is 0 Å². The van der Waals surface area contributed by atoms with E-state index in [4.69, 9.17) is 0 Å². The van der Waals surface area contributed by atoms with Crippen LogP contribution in [0.5, 0.6) is 0 Å². The monoisotopic (exact) mass is 231 g/mol. The van der Waals surface area contributed by atoms with E-state index >= 15 is 0 Å². The molecule has 0 saturated heterocycles. The van der Waals surface area contributed by atoms with Crippen LogP contribution in [0.1, 0.15) is 39.0 Å². The van der Waals surface area contributed by atoms with Gasteiger partial charge >= 0.3 is 0 Å². The second-order valence-electron chi connectivity index (χ2n) is 6.92. The van der Waals surface area contributed by atoms with Gasteiger partial charge in [-0.15, -0.1) is 0 Å². The Hall–Kier alpha value is -0.303. The Balaban J connectivity index is 2.04. The molecule has 16 heavy (non-hydrogen) atoms. The van der Waals surface area contributed by atoms with Gasteiger partial charge in [0.15, 0.2) is 0 Å². The lowest BCUT2D eigenvalue weighted by molar-refractivity contribution is 0.272. The van der Waals surface area contributed by atoms with Crippen LogP contribution in [0.15, 0.2) is 16.3 Å². The average molecular weight is 231 g/mol. The minimum atomic E-state index is -1.11. The van der Waals surface area contributed by atoms with Gasteiger partial charge in [0, 0.05) is 11.3 Å². The Kier molecular flexibility index (Phi) is 2.12. The number of rotatable bonds is 1. The molecule has 0 nitrogen and oxygen atoms in total. The third-order valence-electron chi connectivity index (χ3n) is 4.76. The summed E-state index contributed by atoms with van der Waals surface area (Å²) >= 11 is 0. The first-order chi connectivity index (χ1) is 7.47. The van der Waals surface area contributed by atoms with Crippen molar-refractivity contribution in [2.75, 3.05) is 0 Å². The van der Waals surface area contributed by atoms with Crippen molar-refractivity contribution in [3.63, 3.8) is 0 Å². The fourth-order valence-electron chi connectivity index (χ4n) is 4.27. The molecule has 0 N–H and O–H groups in total. The first-order valence-electron chi connectivity index (χ1n) is 6.86. The standard InChI is InChI=1S/C15H23Si/c1-11-10-12-14(16(2,3)4)13(11)15(12)8-6-5-7-9-15/h11H,5-9H2,1-4H3. The van der Waals surface area contributed by atoms with E-state index in [1.165, 1.54) is 32.1 Å². The summed E-state index contributed by atoms with van der Waals surface area (Å²) < 4.78 is 0. The predicted molar refractivity (Wildman–Crippen MR) is 71.8 cm³/mol. The van der Waals surface area contributed by atoms with Crippen LogP contribution >= 0.6 is 0 Å². The van der Waals surface area contributed by atoms with Crippen LogP contribution in [0.2, 0.25) is 19.6 Å². The van der Waals surface area contributed by atoms with Gasteiger partial charge in [0.05, 0.1) is 8.07 Å². The molecule has 4 aliphatic rings. The molecule has 1 heteroatoms. The molecule has 87 valence electrons. The average Bonchev–Trinajstić information content (AvgIpc) is 2.69. The zero-order valence-electron chi connectivity index (χ0n) is 11.1. The lowest BCUT2D eigenvalue weighted by Gasteiger charge is -2.51. The summed E-state index contributed by atoms with van der Waals surface area (Å²) in [5.74, 6) is 0.648. The van der Waals surface area contributed by atoms with Gasteiger partial charge < -0.3 is 0 Å². The maximum atomic E-state index is 3.79. The van der Waals surface area contributed by atoms with Crippen LogP contribution < -0.4 is 0 Å². The zero-order valence-corrected chi connectivity index (χ0v) is 12.1. The van der Waals surface area contributed by atoms with Crippen molar-refractivity contribution in [2.24, 2.45) is 11.3 Å². The minimum absolute atomic E-state index is 0.549. The molecule has 0 amide bonds. The van der Waals surface area contributed by atoms with E-state index in [9.17, 15) is 0 Å². The molecule has 0 heterocycles. The van der Waals surface area contributed by atoms with Crippen LogP contribution in [0.25, 0.3) is 0 Å². The summed E-state index contributed by atoms with van der Waals surface area (Å²) in [6, 6.07) is 0. The van der Waals surface area contributed by atoms with Gasteiger partial charge in [-0.05, 0) is 24.5 Å². The van der Waals surface area contributed by atoms with Crippen molar-refractivity contribution in [1.29, 1.82) is 0 Å². The highest BCUT2D eigenvalue weighted by Crippen LogP contribution is 2.67. The summed E-state index contributed by atoms with van der Waals surface area (Å²) in [6.07, 6.45) is 11.0. The van der Waals surface area contributed by atoms with Crippen molar-refractivity contribution in [3.05, 3.63) is 22.4 Å². The Morgan fingerprint density at radius 2 is 1.75 bits per heavy atom. The zero-order chi connectivity index (χ0) is 11.6. The normalized spacial score (nSPS) is 31.8. The highest BCUT2D eigenvalue weighted by molar-refractivity contribution is 6.84. The Labute approximate surface area is 101 Å². The number of fused-ring (bicyclic) bond motifs is 1. The van der Waals surface area contributed by atoms with Crippen LogP contribution in [-0.4, -0.2) is 8.07 Å². The number of hydrogen-bond donors (Lipinski definition) is 0. The molecule has 1 radical (unpaired) electrons. The summed E-state index contributed by atoms with van der Waals surface area (Å²) in [6.45, 7) is 9.86. The summed E-state index contributed by atoms with van der Waals surface area (Å²) in [5.41, 5.74) is 4.07. The van der Waals surface area contributed by atoms with Crippen molar-refractivity contribution >= 4 is 8.07 Å². The summed E-state index contributed by atoms with van der Waals surface area (Å²) in [4.78, 5) is 0. The summed E-state index contributed by atoms with van der Waals surface area (Å²) in [7, 11) is -1.11. The molecule has 1 atom stereocenters. The lowest BCUT2D eigenvalue weighted by Crippen LogP contribution is -2.44. The molecular formula is C15H23Si.